The van der Waals surface area contributed by atoms with Crippen molar-refractivity contribution in [1.29, 1.82) is 0 Å². The Kier molecular flexibility index (Phi) is 2.83. The molecule has 2 fully saturated rings. The third kappa shape index (κ3) is 1.72. The Morgan fingerprint density at radius 1 is 1.61 bits per heavy atom. The molecule has 0 radical (unpaired) electrons. The second-order valence-electron chi connectivity index (χ2n) is 4.98. The first-order valence-corrected chi connectivity index (χ1v) is 6.26. The molecule has 6 nitrogen and oxygen atoms in total. The van der Waals surface area contributed by atoms with Gasteiger partial charge >= 0.3 is 0 Å². The Hall–Kier alpha value is -1.40. The molecule has 1 aliphatic carbocycles. The molecule has 18 heavy (non-hydrogen) atoms. The zero-order valence-electron chi connectivity index (χ0n) is 10.3. The highest BCUT2D eigenvalue weighted by Crippen LogP contribution is 2.37. The van der Waals surface area contributed by atoms with E-state index in [1.807, 2.05) is 0 Å². The molecule has 0 spiro atoms. The van der Waals surface area contributed by atoms with E-state index >= 15 is 0 Å². The Morgan fingerprint density at radius 2 is 2.44 bits per heavy atom. The molecule has 0 bridgehead atoms. The van der Waals surface area contributed by atoms with E-state index in [0.717, 1.165) is 19.4 Å². The van der Waals surface area contributed by atoms with Gasteiger partial charge in [0, 0.05) is 18.6 Å². The maximum Gasteiger partial charge on any atom is 0.289 e. The van der Waals surface area contributed by atoms with Crippen LogP contribution in [-0.2, 0) is 4.74 Å². The number of fused-ring (bicyclic) bond motifs is 1. The van der Waals surface area contributed by atoms with Crippen LogP contribution < -0.4 is 11.1 Å². The maximum absolute atomic E-state index is 12.0. The van der Waals surface area contributed by atoms with Gasteiger partial charge in [-0.25, -0.2) is 4.98 Å². The van der Waals surface area contributed by atoms with Gasteiger partial charge in [0.05, 0.1) is 17.8 Å². The van der Waals surface area contributed by atoms with E-state index in [-0.39, 0.29) is 29.9 Å². The van der Waals surface area contributed by atoms with Crippen LogP contribution in [0, 0.1) is 12.8 Å². The molecule has 1 aromatic heterocycles. The molecule has 1 aliphatic heterocycles. The molecule has 1 amide bonds. The molecular weight excluding hydrogens is 234 g/mol. The number of nitrogens with two attached hydrogens (primary N) is 1. The van der Waals surface area contributed by atoms with Gasteiger partial charge in [-0.1, -0.05) is 0 Å². The molecule has 4 unspecified atom stereocenters. The van der Waals surface area contributed by atoms with Crippen LogP contribution in [-0.4, -0.2) is 35.7 Å². The van der Waals surface area contributed by atoms with Gasteiger partial charge in [0.15, 0.2) is 6.39 Å². The van der Waals surface area contributed by atoms with Crippen molar-refractivity contribution in [3.8, 4) is 0 Å². The zero-order valence-corrected chi connectivity index (χ0v) is 10.3. The monoisotopic (exact) mass is 251 g/mol. The number of hydrogen-bond donors (Lipinski definition) is 2. The number of carbonyl (C=O) groups excluding carboxylic acids is 1. The number of amides is 1. The van der Waals surface area contributed by atoms with Crippen LogP contribution in [0.25, 0.3) is 0 Å². The first kappa shape index (κ1) is 11.7. The molecule has 3 N–H and O–H groups in total. The number of ether oxygens (including phenoxy) is 1. The van der Waals surface area contributed by atoms with Crippen LogP contribution in [0.5, 0.6) is 0 Å². The van der Waals surface area contributed by atoms with Crippen molar-refractivity contribution >= 4 is 5.91 Å². The molecule has 2 heterocycles. The number of hydrogen-bond acceptors (Lipinski definition) is 5. The van der Waals surface area contributed by atoms with Gasteiger partial charge in [0.2, 0.25) is 5.76 Å². The quantitative estimate of drug-likeness (QED) is 0.784. The number of carbonyl (C=O) groups is 1. The first-order chi connectivity index (χ1) is 8.68. The van der Waals surface area contributed by atoms with Gasteiger partial charge in [-0.3, -0.25) is 4.79 Å². The van der Waals surface area contributed by atoms with E-state index in [4.69, 9.17) is 14.9 Å². The summed E-state index contributed by atoms with van der Waals surface area (Å²) in [5.74, 6) is 0.361. The van der Waals surface area contributed by atoms with Crippen LogP contribution in [0.4, 0.5) is 0 Å². The largest absolute Gasteiger partial charge is 0.438 e. The summed E-state index contributed by atoms with van der Waals surface area (Å²) in [6.07, 6.45) is 3.46. The lowest BCUT2D eigenvalue weighted by Crippen LogP contribution is -2.72. The summed E-state index contributed by atoms with van der Waals surface area (Å²) in [5, 5.41) is 2.89. The Balaban J connectivity index is 1.67. The second kappa shape index (κ2) is 4.37. The predicted molar refractivity (Wildman–Crippen MR) is 62.9 cm³/mol. The highest BCUT2D eigenvalue weighted by molar-refractivity contribution is 5.92. The number of nitrogens with zero attached hydrogens (tertiary/aromatic N) is 1. The summed E-state index contributed by atoms with van der Waals surface area (Å²) in [6.45, 7) is 2.49. The van der Waals surface area contributed by atoms with Crippen LogP contribution >= 0.6 is 0 Å². The van der Waals surface area contributed by atoms with Crippen molar-refractivity contribution < 1.29 is 13.9 Å². The average Bonchev–Trinajstić information content (AvgIpc) is 2.81. The van der Waals surface area contributed by atoms with Gasteiger partial charge in [0.25, 0.3) is 5.91 Å². The fourth-order valence-corrected chi connectivity index (χ4v) is 2.86. The van der Waals surface area contributed by atoms with Crippen molar-refractivity contribution in [2.75, 3.05) is 6.61 Å². The molecule has 98 valence electrons. The van der Waals surface area contributed by atoms with Crippen molar-refractivity contribution in [3.63, 3.8) is 0 Å². The minimum atomic E-state index is -0.266. The summed E-state index contributed by atoms with van der Waals surface area (Å²) in [5.41, 5.74) is 6.66. The van der Waals surface area contributed by atoms with Crippen LogP contribution in [0.3, 0.4) is 0 Å². The third-order valence-corrected chi connectivity index (χ3v) is 3.93. The maximum atomic E-state index is 12.0. The van der Waals surface area contributed by atoms with E-state index in [1.54, 1.807) is 6.92 Å². The lowest BCUT2D eigenvalue weighted by Gasteiger charge is -2.52. The number of aromatic nitrogens is 1. The summed E-state index contributed by atoms with van der Waals surface area (Å²) >= 11 is 0. The van der Waals surface area contributed by atoms with Crippen molar-refractivity contribution in [1.82, 2.24) is 10.3 Å². The van der Waals surface area contributed by atoms with Gasteiger partial charge in [-0.2, -0.15) is 0 Å². The van der Waals surface area contributed by atoms with Crippen LogP contribution in [0.1, 0.15) is 29.1 Å². The van der Waals surface area contributed by atoms with Crippen LogP contribution in [0.15, 0.2) is 10.8 Å². The van der Waals surface area contributed by atoms with E-state index in [1.165, 1.54) is 6.39 Å². The highest BCUT2D eigenvalue weighted by atomic mass is 16.5. The summed E-state index contributed by atoms with van der Waals surface area (Å²) in [4.78, 5) is 15.9. The van der Waals surface area contributed by atoms with E-state index in [9.17, 15) is 4.79 Å². The standard InChI is InChI=1S/C12H17N3O3/c1-6-10(18-5-14-6)12(16)15-9-8(13)7-3-2-4-17-11(7)9/h5,7-9,11H,2-4,13H2,1H3,(H,15,16). The molecular formula is C12H17N3O3. The first-order valence-electron chi connectivity index (χ1n) is 6.26. The Morgan fingerprint density at radius 3 is 3.17 bits per heavy atom. The Labute approximate surface area is 105 Å². The van der Waals surface area contributed by atoms with Crippen LogP contribution in [0.2, 0.25) is 0 Å². The Bertz CT molecular complexity index is 459. The average molecular weight is 251 g/mol. The molecule has 0 aromatic carbocycles. The number of aryl methyl sites for hydroxylation is 1. The zero-order chi connectivity index (χ0) is 12.7. The highest BCUT2D eigenvalue weighted by Gasteiger charge is 2.51. The number of rotatable bonds is 2. The fourth-order valence-electron chi connectivity index (χ4n) is 2.86. The second-order valence-corrected chi connectivity index (χ2v) is 4.98. The van der Waals surface area contributed by atoms with Crippen molar-refractivity contribution in [2.45, 2.75) is 38.0 Å². The molecule has 1 aromatic rings. The number of nitrogens with one attached hydrogen (secondary N) is 1. The summed E-state index contributed by atoms with van der Waals surface area (Å²) < 4.78 is 10.7. The minimum Gasteiger partial charge on any atom is -0.438 e. The molecule has 2 aliphatic rings. The van der Waals surface area contributed by atoms with Crippen molar-refractivity contribution in [2.24, 2.45) is 11.7 Å². The minimum absolute atomic E-state index is 0.0255. The van der Waals surface area contributed by atoms with Gasteiger partial charge in [-0.15, -0.1) is 0 Å². The van der Waals surface area contributed by atoms with Gasteiger partial charge < -0.3 is 20.2 Å². The number of oxazole rings is 1. The van der Waals surface area contributed by atoms with E-state index in [0.29, 0.717) is 11.6 Å². The summed E-state index contributed by atoms with van der Waals surface area (Å²) in [7, 11) is 0. The van der Waals surface area contributed by atoms with Gasteiger partial charge in [-0.05, 0) is 19.8 Å². The molecule has 1 saturated heterocycles. The smallest absolute Gasteiger partial charge is 0.289 e. The lowest BCUT2D eigenvalue weighted by molar-refractivity contribution is -0.117. The molecule has 6 heteroatoms. The third-order valence-electron chi connectivity index (χ3n) is 3.93. The SMILES string of the molecule is Cc1ncoc1C(=O)NC1C(N)C2CCCOC21. The fraction of sp³-hybridized carbons (Fsp3) is 0.667. The van der Waals surface area contributed by atoms with Gasteiger partial charge in [0.1, 0.15) is 0 Å². The van der Waals surface area contributed by atoms with Crippen molar-refractivity contribution in [3.05, 3.63) is 17.8 Å². The summed E-state index contributed by atoms with van der Waals surface area (Å²) in [6, 6.07) is -0.144. The topological polar surface area (TPSA) is 90.4 Å². The molecule has 1 saturated carbocycles. The van der Waals surface area contributed by atoms with E-state index in [2.05, 4.69) is 10.3 Å². The normalized spacial score (nSPS) is 34.6. The lowest BCUT2D eigenvalue weighted by atomic mass is 9.68. The predicted octanol–water partition coefficient (Wildman–Crippen LogP) is 0.218. The molecule has 3 rings (SSSR count). The van der Waals surface area contributed by atoms with E-state index < -0.39 is 0 Å². The molecule has 4 atom stereocenters.